The van der Waals surface area contributed by atoms with E-state index in [9.17, 15) is 4.79 Å². The van der Waals surface area contributed by atoms with E-state index in [2.05, 4.69) is 5.16 Å². The number of benzene rings is 1. The Hall–Kier alpha value is -1.84. The Labute approximate surface area is 87.2 Å². The highest BCUT2D eigenvalue weighted by atomic mass is 16.5. The maximum absolute atomic E-state index is 11.8. The van der Waals surface area contributed by atoms with Crippen LogP contribution in [0.5, 0.6) is 5.75 Å². The summed E-state index contributed by atoms with van der Waals surface area (Å²) >= 11 is 0. The number of hydrogen-bond acceptors (Lipinski definition) is 4. The minimum absolute atomic E-state index is 0.211. The first-order chi connectivity index (χ1) is 7.27. The van der Waals surface area contributed by atoms with Crippen molar-refractivity contribution in [2.24, 2.45) is 5.16 Å². The van der Waals surface area contributed by atoms with Crippen molar-refractivity contribution in [2.45, 2.75) is 12.8 Å². The van der Waals surface area contributed by atoms with Gasteiger partial charge in [-0.2, -0.15) is 0 Å². The average Bonchev–Trinajstić information content (AvgIpc) is 2.29. The lowest BCUT2D eigenvalue weighted by molar-refractivity contribution is 0.105. The summed E-state index contributed by atoms with van der Waals surface area (Å²) in [4.78, 5) is 11.8. The quantitative estimate of drug-likeness (QED) is 0.560. The molecule has 4 heteroatoms. The summed E-state index contributed by atoms with van der Waals surface area (Å²) in [5, 5.41) is 11.7. The standard InChI is InChI=1S/C11H11NO3/c1-15-10-4-2-3-8-7(10)5-6-9(12-14)11(8)13/h2-4,14H,5-6H2,1H3/b12-9+. The molecule has 0 aliphatic heterocycles. The Balaban J connectivity index is 2.54. The Kier molecular flexibility index (Phi) is 2.41. The van der Waals surface area contributed by atoms with Gasteiger partial charge in [-0.25, -0.2) is 0 Å². The number of hydrogen-bond donors (Lipinski definition) is 1. The summed E-state index contributed by atoms with van der Waals surface area (Å²) in [6, 6.07) is 5.31. The molecule has 2 rings (SSSR count). The summed E-state index contributed by atoms with van der Waals surface area (Å²) < 4.78 is 5.18. The first kappa shape index (κ1) is 9.71. The first-order valence-corrected chi connectivity index (χ1v) is 4.69. The second-order valence-corrected chi connectivity index (χ2v) is 3.36. The molecule has 0 fully saturated rings. The molecule has 1 aromatic rings. The molecule has 1 aliphatic carbocycles. The van der Waals surface area contributed by atoms with E-state index in [0.29, 0.717) is 18.4 Å². The number of Topliss-reactive ketones (excluding diaryl/α,β-unsaturated/α-hetero) is 1. The summed E-state index contributed by atoms with van der Waals surface area (Å²) in [5.74, 6) is 0.510. The number of carbonyl (C=O) groups excluding carboxylic acids is 1. The number of ketones is 1. The monoisotopic (exact) mass is 205 g/mol. The molecular weight excluding hydrogens is 194 g/mol. The molecule has 4 nitrogen and oxygen atoms in total. The summed E-state index contributed by atoms with van der Waals surface area (Å²) in [7, 11) is 1.58. The van der Waals surface area contributed by atoms with Gasteiger partial charge in [-0.1, -0.05) is 17.3 Å². The molecule has 15 heavy (non-hydrogen) atoms. The van der Waals surface area contributed by atoms with Gasteiger partial charge in [0.05, 0.1) is 7.11 Å². The lowest BCUT2D eigenvalue weighted by Gasteiger charge is -2.17. The van der Waals surface area contributed by atoms with Gasteiger partial charge in [-0.15, -0.1) is 0 Å². The molecule has 1 N–H and O–H groups in total. The van der Waals surface area contributed by atoms with Crippen LogP contribution in [0, 0.1) is 0 Å². The number of ether oxygens (including phenoxy) is 1. The van der Waals surface area contributed by atoms with E-state index in [1.165, 1.54) is 0 Å². The van der Waals surface area contributed by atoms with Crippen molar-refractivity contribution in [1.82, 2.24) is 0 Å². The van der Waals surface area contributed by atoms with Crippen molar-refractivity contribution in [3.05, 3.63) is 29.3 Å². The van der Waals surface area contributed by atoms with Gasteiger partial charge in [0.15, 0.2) is 0 Å². The summed E-state index contributed by atoms with van der Waals surface area (Å²) in [5.41, 5.74) is 1.70. The zero-order chi connectivity index (χ0) is 10.8. The molecule has 78 valence electrons. The van der Waals surface area contributed by atoms with Crippen LogP contribution in [-0.4, -0.2) is 23.8 Å². The number of methoxy groups -OCH3 is 1. The molecule has 0 atom stereocenters. The molecular formula is C11H11NO3. The second-order valence-electron chi connectivity index (χ2n) is 3.36. The predicted octanol–water partition coefficient (Wildman–Crippen LogP) is 1.65. The number of fused-ring (bicyclic) bond motifs is 1. The molecule has 1 aromatic carbocycles. The van der Waals surface area contributed by atoms with Crippen LogP contribution in [0.15, 0.2) is 23.4 Å². The van der Waals surface area contributed by atoms with Crippen molar-refractivity contribution in [2.75, 3.05) is 7.11 Å². The van der Waals surface area contributed by atoms with Crippen LogP contribution in [0.1, 0.15) is 22.3 Å². The number of carbonyl (C=O) groups is 1. The third-order valence-electron chi connectivity index (χ3n) is 2.59. The van der Waals surface area contributed by atoms with Gasteiger partial charge >= 0.3 is 0 Å². The van der Waals surface area contributed by atoms with Gasteiger partial charge in [0, 0.05) is 17.5 Å². The van der Waals surface area contributed by atoms with Crippen LogP contribution >= 0.6 is 0 Å². The Morgan fingerprint density at radius 2 is 2.20 bits per heavy atom. The van der Waals surface area contributed by atoms with Crippen molar-refractivity contribution in [1.29, 1.82) is 0 Å². The van der Waals surface area contributed by atoms with Crippen LogP contribution in [0.2, 0.25) is 0 Å². The van der Waals surface area contributed by atoms with Crippen molar-refractivity contribution in [3.8, 4) is 5.75 Å². The number of rotatable bonds is 1. The normalized spacial score (nSPS) is 17.7. The second kappa shape index (κ2) is 3.73. The van der Waals surface area contributed by atoms with Crippen molar-refractivity contribution < 1.29 is 14.7 Å². The van der Waals surface area contributed by atoms with Crippen molar-refractivity contribution >= 4 is 11.5 Å². The molecule has 0 aromatic heterocycles. The van der Waals surface area contributed by atoms with E-state index in [-0.39, 0.29) is 11.5 Å². The SMILES string of the molecule is COc1cccc2c1CC/C(=N\O)C2=O. The predicted molar refractivity (Wildman–Crippen MR) is 54.9 cm³/mol. The highest BCUT2D eigenvalue weighted by Crippen LogP contribution is 2.28. The smallest absolute Gasteiger partial charge is 0.210 e. The first-order valence-electron chi connectivity index (χ1n) is 4.69. The van der Waals surface area contributed by atoms with Gasteiger partial charge in [-0.3, -0.25) is 4.79 Å². The number of oxime groups is 1. The summed E-state index contributed by atoms with van der Waals surface area (Å²) in [6.07, 6.45) is 1.13. The lowest BCUT2D eigenvalue weighted by Crippen LogP contribution is -2.22. The maximum Gasteiger partial charge on any atom is 0.210 e. The van der Waals surface area contributed by atoms with E-state index in [4.69, 9.17) is 9.94 Å². The molecule has 0 spiro atoms. The molecule has 0 unspecified atom stereocenters. The highest BCUT2D eigenvalue weighted by Gasteiger charge is 2.25. The number of nitrogens with zero attached hydrogens (tertiary/aromatic N) is 1. The zero-order valence-corrected chi connectivity index (χ0v) is 8.36. The Morgan fingerprint density at radius 3 is 2.87 bits per heavy atom. The van der Waals surface area contributed by atoms with Gasteiger partial charge < -0.3 is 9.94 Å². The fraction of sp³-hybridized carbons (Fsp3) is 0.273. The van der Waals surface area contributed by atoms with Crippen LogP contribution < -0.4 is 4.74 Å². The molecule has 0 saturated carbocycles. The minimum atomic E-state index is -0.211. The van der Waals surface area contributed by atoms with Crippen LogP contribution in [-0.2, 0) is 6.42 Å². The van der Waals surface area contributed by atoms with Crippen molar-refractivity contribution in [3.63, 3.8) is 0 Å². The third-order valence-corrected chi connectivity index (χ3v) is 2.59. The average molecular weight is 205 g/mol. The third kappa shape index (κ3) is 1.48. The van der Waals surface area contributed by atoms with Crippen LogP contribution in [0.4, 0.5) is 0 Å². The highest BCUT2D eigenvalue weighted by molar-refractivity contribution is 6.47. The fourth-order valence-electron chi connectivity index (χ4n) is 1.84. The molecule has 0 bridgehead atoms. The Morgan fingerprint density at radius 1 is 1.40 bits per heavy atom. The molecule has 1 aliphatic rings. The molecule has 0 radical (unpaired) electrons. The van der Waals surface area contributed by atoms with Gasteiger partial charge in [-0.05, 0) is 12.5 Å². The minimum Gasteiger partial charge on any atom is -0.496 e. The molecule has 0 saturated heterocycles. The van der Waals surface area contributed by atoms with E-state index >= 15 is 0 Å². The summed E-state index contributed by atoms with van der Waals surface area (Å²) in [6.45, 7) is 0. The van der Waals surface area contributed by atoms with Gasteiger partial charge in [0.1, 0.15) is 11.5 Å². The topological polar surface area (TPSA) is 58.9 Å². The van der Waals surface area contributed by atoms with E-state index in [1.807, 2.05) is 6.07 Å². The van der Waals surface area contributed by atoms with E-state index < -0.39 is 0 Å². The van der Waals surface area contributed by atoms with E-state index in [1.54, 1.807) is 19.2 Å². The molecule has 0 amide bonds. The fourth-order valence-corrected chi connectivity index (χ4v) is 1.84. The van der Waals surface area contributed by atoms with Gasteiger partial charge in [0.2, 0.25) is 5.78 Å². The zero-order valence-electron chi connectivity index (χ0n) is 8.36. The Bertz CT molecular complexity index is 437. The van der Waals surface area contributed by atoms with Crippen LogP contribution in [0.25, 0.3) is 0 Å². The van der Waals surface area contributed by atoms with Gasteiger partial charge in [0.25, 0.3) is 0 Å². The van der Waals surface area contributed by atoms with Crippen LogP contribution in [0.3, 0.4) is 0 Å². The molecule has 0 heterocycles. The lowest BCUT2D eigenvalue weighted by atomic mass is 9.88. The largest absolute Gasteiger partial charge is 0.496 e. The van der Waals surface area contributed by atoms with E-state index in [0.717, 1.165) is 11.3 Å². The maximum atomic E-state index is 11.8.